The van der Waals surface area contributed by atoms with Gasteiger partial charge in [-0.05, 0) is 64.3 Å². The lowest BCUT2D eigenvalue weighted by Gasteiger charge is -2.39. The second kappa shape index (κ2) is 10.6. The van der Waals surface area contributed by atoms with Crippen molar-refractivity contribution in [2.45, 2.75) is 64.1 Å². The highest BCUT2D eigenvalue weighted by atomic mass is 16.6. The predicted molar refractivity (Wildman–Crippen MR) is 138 cm³/mol. The number of nitrogens with one attached hydrogen (secondary N) is 1. The molecule has 2 atom stereocenters. The number of ether oxygens (including phenoxy) is 1. The SMILES string of the molecule is Cn1c(=O)n(C2CCC(=O)NC2=O)c2ccc(CCCN3CCN(C(=O)OC(C)(C)C)[C@H](C(=O)O)C3)cc21. The molecule has 2 saturated heterocycles. The van der Waals surface area contributed by atoms with Gasteiger partial charge in [-0.15, -0.1) is 0 Å². The van der Waals surface area contributed by atoms with Gasteiger partial charge < -0.3 is 9.84 Å². The van der Waals surface area contributed by atoms with Crippen molar-refractivity contribution in [2.24, 2.45) is 7.05 Å². The van der Waals surface area contributed by atoms with E-state index in [1.807, 2.05) is 23.1 Å². The summed E-state index contributed by atoms with van der Waals surface area (Å²) in [5.41, 5.74) is 1.34. The number of piperidine rings is 1. The van der Waals surface area contributed by atoms with E-state index in [4.69, 9.17) is 4.74 Å². The highest BCUT2D eigenvalue weighted by Crippen LogP contribution is 2.24. The van der Waals surface area contributed by atoms with Gasteiger partial charge in [0.15, 0.2) is 0 Å². The Bertz CT molecular complexity index is 1320. The number of carboxylic acids is 1. The van der Waals surface area contributed by atoms with Crippen molar-refractivity contribution in [1.29, 1.82) is 0 Å². The van der Waals surface area contributed by atoms with Gasteiger partial charge in [0.05, 0.1) is 11.0 Å². The first kappa shape index (κ1) is 27.4. The lowest BCUT2D eigenvalue weighted by molar-refractivity contribution is -0.145. The molecule has 0 bridgehead atoms. The van der Waals surface area contributed by atoms with Crippen LogP contribution in [0.25, 0.3) is 11.0 Å². The van der Waals surface area contributed by atoms with Crippen molar-refractivity contribution in [3.63, 3.8) is 0 Å². The van der Waals surface area contributed by atoms with Crippen LogP contribution >= 0.6 is 0 Å². The van der Waals surface area contributed by atoms with Crippen molar-refractivity contribution in [3.05, 3.63) is 34.2 Å². The van der Waals surface area contributed by atoms with E-state index < -0.39 is 35.7 Å². The summed E-state index contributed by atoms with van der Waals surface area (Å²) in [7, 11) is 1.66. The summed E-state index contributed by atoms with van der Waals surface area (Å²) < 4.78 is 8.34. The molecule has 2 N–H and O–H groups in total. The van der Waals surface area contributed by atoms with Crippen molar-refractivity contribution in [1.82, 2.24) is 24.3 Å². The number of carbonyl (C=O) groups is 4. The predicted octanol–water partition coefficient (Wildman–Crippen LogP) is 1.26. The molecule has 2 fully saturated rings. The van der Waals surface area contributed by atoms with Gasteiger partial charge in [0.2, 0.25) is 11.8 Å². The molecule has 2 aliphatic heterocycles. The van der Waals surface area contributed by atoms with E-state index in [-0.39, 0.29) is 37.5 Å². The fourth-order valence-electron chi connectivity index (χ4n) is 5.09. The molecular formula is C26H35N5O7. The van der Waals surface area contributed by atoms with Crippen molar-refractivity contribution in [2.75, 3.05) is 26.2 Å². The van der Waals surface area contributed by atoms with Crippen LogP contribution in [0, 0.1) is 0 Å². The standard InChI is InChI=1S/C26H35N5O7/c1-26(2,3)38-25(37)30-13-12-29(15-20(30)23(34)35)11-5-6-16-7-8-17-19(14-16)28(4)24(36)31(17)18-9-10-21(32)27-22(18)33/h7-8,14,18,20H,5-6,9-13,15H2,1-4H3,(H,34,35)(H,27,32,33)/t18?,20-/m0/s1. The average Bonchev–Trinajstić information content (AvgIpc) is 3.07. The minimum absolute atomic E-state index is 0.187. The van der Waals surface area contributed by atoms with E-state index in [1.165, 1.54) is 14.0 Å². The van der Waals surface area contributed by atoms with Crippen molar-refractivity contribution >= 4 is 34.9 Å². The number of aromatic nitrogens is 2. The molecule has 1 unspecified atom stereocenters. The van der Waals surface area contributed by atoms with Crippen LogP contribution in [0.5, 0.6) is 0 Å². The van der Waals surface area contributed by atoms with Gasteiger partial charge in [0.1, 0.15) is 17.7 Å². The number of hydrogen-bond acceptors (Lipinski definition) is 7. The van der Waals surface area contributed by atoms with Gasteiger partial charge in [-0.25, -0.2) is 14.4 Å². The molecule has 2 aromatic rings. The summed E-state index contributed by atoms with van der Waals surface area (Å²) in [4.78, 5) is 64.5. The average molecular weight is 530 g/mol. The number of piperazine rings is 1. The second-order valence-corrected chi connectivity index (χ2v) is 10.9. The maximum Gasteiger partial charge on any atom is 0.411 e. The van der Waals surface area contributed by atoms with Gasteiger partial charge in [0, 0.05) is 33.1 Å². The Labute approximate surface area is 220 Å². The summed E-state index contributed by atoms with van der Waals surface area (Å²) in [6.45, 7) is 6.93. The van der Waals surface area contributed by atoms with E-state index in [2.05, 4.69) is 5.32 Å². The Hall–Kier alpha value is -3.67. The van der Waals surface area contributed by atoms with Crippen LogP contribution < -0.4 is 11.0 Å². The zero-order chi connectivity index (χ0) is 27.8. The van der Waals surface area contributed by atoms with E-state index in [0.717, 1.165) is 12.0 Å². The molecule has 0 spiro atoms. The maximum atomic E-state index is 13.0. The molecule has 12 nitrogen and oxygen atoms in total. The lowest BCUT2D eigenvalue weighted by Crippen LogP contribution is -2.59. The summed E-state index contributed by atoms with van der Waals surface area (Å²) in [6.07, 6.45) is 1.31. The normalized spacial score (nSPS) is 21.0. The fraction of sp³-hybridized carbons (Fsp3) is 0.577. The minimum atomic E-state index is -1.06. The number of rotatable bonds is 6. The molecule has 2 aliphatic rings. The van der Waals surface area contributed by atoms with E-state index in [9.17, 15) is 29.1 Å². The second-order valence-electron chi connectivity index (χ2n) is 10.9. The molecular weight excluding hydrogens is 494 g/mol. The Morgan fingerprint density at radius 1 is 1.13 bits per heavy atom. The quantitative estimate of drug-likeness (QED) is 0.533. The number of imidazole rings is 1. The van der Waals surface area contributed by atoms with Crippen molar-refractivity contribution in [3.8, 4) is 0 Å². The number of fused-ring (bicyclic) bond motifs is 1. The molecule has 0 radical (unpaired) electrons. The molecule has 206 valence electrons. The topological polar surface area (TPSA) is 143 Å². The van der Waals surface area contributed by atoms with Crippen LogP contribution in [0.4, 0.5) is 4.79 Å². The number of aliphatic carboxylic acids is 1. The largest absolute Gasteiger partial charge is 0.480 e. The third-order valence-electron chi connectivity index (χ3n) is 6.99. The number of amides is 3. The number of nitrogens with zero attached hydrogens (tertiary/aromatic N) is 4. The van der Waals surface area contributed by atoms with Gasteiger partial charge in [0.25, 0.3) is 0 Å². The number of aryl methyl sites for hydroxylation is 2. The first-order chi connectivity index (χ1) is 17.9. The third kappa shape index (κ3) is 5.74. The fourth-order valence-corrected chi connectivity index (χ4v) is 5.09. The first-order valence-corrected chi connectivity index (χ1v) is 12.8. The highest BCUT2D eigenvalue weighted by Gasteiger charge is 2.37. The lowest BCUT2D eigenvalue weighted by atomic mass is 10.0. The summed E-state index contributed by atoms with van der Waals surface area (Å²) in [5.74, 6) is -1.86. The molecule has 1 aromatic carbocycles. The van der Waals surface area contributed by atoms with Crippen LogP contribution in [-0.2, 0) is 32.6 Å². The highest BCUT2D eigenvalue weighted by molar-refractivity contribution is 6.00. The van der Waals surface area contributed by atoms with Gasteiger partial charge >= 0.3 is 17.8 Å². The summed E-state index contributed by atoms with van der Waals surface area (Å²) >= 11 is 0. The number of hydrogen-bond donors (Lipinski definition) is 2. The Balaban J connectivity index is 1.40. The Kier molecular flexibility index (Phi) is 7.63. The van der Waals surface area contributed by atoms with E-state index >= 15 is 0 Å². The van der Waals surface area contributed by atoms with E-state index in [1.54, 1.807) is 27.8 Å². The van der Waals surface area contributed by atoms with Gasteiger partial charge in [-0.2, -0.15) is 0 Å². The smallest absolute Gasteiger partial charge is 0.411 e. The minimum Gasteiger partial charge on any atom is -0.480 e. The maximum absolute atomic E-state index is 13.0. The van der Waals surface area contributed by atoms with Crippen LogP contribution in [0.2, 0.25) is 0 Å². The molecule has 4 rings (SSSR count). The zero-order valence-electron chi connectivity index (χ0n) is 22.2. The summed E-state index contributed by atoms with van der Waals surface area (Å²) in [5, 5.41) is 12.0. The van der Waals surface area contributed by atoms with Gasteiger partial charge in [-0.3, -0.25) is 33.8 Å². The molecule has 3 amide bonds. The van der Waals surface area contributed by atoms with Crippen LogP contribution in [0.3, 0.4) is 0 Å². The number of imide groups is 1. The Morgan fingerprint density at radius 2 is 1.87 bits per heavy atom. The zero-order valence-corrected chi connectivity index (χ0v) is 22.2. The molecule has 3 heterocycles. The van der Waals surface area contributed by atoms with Crippen molar-refractivity contribution < 1.29 is 29.0 Å². The molecule has 0 saturated carbocycles. The molecule has 38 heavy (non-hydrogen) atoms. The molecule has 1 aromatic heterocycles. The van der Waals surface area contributed by atoms with Crippen LogP contribution in [0.1, 0.15) is 51.6 Å². The Morgan fingerprint density at radius 3 is 2.53 bits per heavy atom. The monoisotopic (exact) mass is 529 g/mol. The number of carbonyl (C=O) groups excluding carboxylic acids is 3. The van der Waals surface area contributed by atoms with Crippen LogP contribution in [0.15, 0.2) is 23.0 Å². The first-order valence-electron chi connectivity index (χ1n) is 12.8. The number of carboxylic acid groups (broad SMARTS) is 1. The number of benzene rings is 1. The van der Waals surface area contributed by atoms with Gasteiger partial charge in [-0.1, -0.05) is 6.07 Å². The molecule has 12 heteroatoms. The summed E-state index contributed by atoms with van der Waals surface area (Å²) in [6, 6.07) is 3.98. The third-order valence-corrected chi connectivity index (χ3v) is 6.99. The molecule has 0 aliphatic carbocycles. The van der Waals surface area contributed by atoms with E-state index in [0.29, 0.717) is 30.5 Å². The van der Waals surface area contributed by atoms with Crippen LogP contribution in [-0.4, -0.2) is 85.7 Å².